The number of hydrogen-bond acceptors (Lipinski definition) is 4. The van der Waals surface area contributed by atoms with E-state index in [4.69, 9.17) is 9.47 Å². The predicted molar refractivity (Wildman–Crippen MR) is 62.9 cm³/mol. The molecule has 1 saturated heterocycles. The van der Waals surface area contributed by atoms with Crippen molar-refractivity contribution in [1.29, 1.82) is 0 Å². The molecule has 2 rings (SSSR count). The van der Waals surface area contributed by atoms with Crippen molar-refractivity contribution in [3.63, 3.8) is 0 Å². The van der Waals surface area contributed by atoms with Crippen molar-refractivity contribution >= 4 is 0 Å². The molecule has 1 aromatic carbocycles. The van der Waals surface area contributed by atoms with Gasteiger partial charge in [0, 0.05) is 5.56 Å². The first-order valence-corrected chi connectivity index (χ1v) is 5.94. The smallest absolute Gasteiger partial charge is 0.168 e. The summed E-state index contributed by atoms with van der Waals surface area (Å²) in [5.74, 6) is -0.311. The predicted octanol–water partition coefficient (Wildman–Crippen LogP) is 2.70. The van der Waals surface area contributed by atoms with Crippen LogP contribution >= 0.6 is 0 Å². The molecule has 4 nitrogen and oxygen atoms in total. The summed E-state index contributed by atoms with van der Waals surface area (Å²) in [4.78, 5) is 0. The Morgan fingerprint density at radius 3 is 2.59 bits per heavy atom. The maximum absolute atomic E-state index is 9.76. The second-order valence-corrected chi connectivity index (χ2v) is 4.28. The van der Waals surface area contributed by atoms with Crippen LogP contribution in [0.5, 0.6) is 11.5 Å². The van der Waals surface area contributed by atoms with Gasteiger partial charge in [0.2, 0.25) is 0 Å². The van der Waals surface area contributed by atoms with Crippen molar-refractivity contribution in [2.45, 2.75) is 38.6 Å². The van der Waals surface area contributed by atoms with Gasteiger partial charge in [0.05, 0.1) is 6.61 Å². The highest BCUT2D eigenvalue weighted by molar-refractivity contribution is 5.40. The van der Waals surface area contributed by atoms with E-state index in [0.717, 1.165) is 12.8 Å². The Bertz CT molecular complexity index is 398. The molecule has 0 bridgehead atoms. The summed E-state index contributed by atoms with van der Waals surface area (Å²) in [6, 6.07) is 4.43. The minimum atomic E-state index is -0.553. The van der Waals surface area contributed by atoms with E-state index in [-0.39, 0.29) is 17.6 Å². The van der Waals surface area contributed by atoms with Gasteiger partial charge in [0.15, 0.2) is 5.79 Å². The second-order valence-electron chi connectivity index (χ2n) is 4.28. The van der Waals surface area contributed by atoms with Crippen LogP contribution in [0.4, 0.5) is 0 Å². The van der Waals surface area contributed by atoms with Crippen LogP contribution in [0, 0.1) is 0 Å². The quantitative estimate of drug-likeness (QED) is 0.795. The Hall–Kier alpha value is -1.26. The van der Waals surface area contributed by atoms with Gasteiger partial charge in [-0.1, -0.05) is 13.8 Å². The van der Waals surface area contributed by atoms with Gasteiger partial charge in [-0.3, -0.25) is 0 Å². The summed E-state index contributed by atoms with van der Waals surface area (Å²) >= 11 is 0. The van der Waals surface area contributed by atoms with E-state index in [1.807, 2.05) is 13.8 Å². The molecule has 1 fully saturated rings. The molecule has 0 spiro atoms. The highest BCUT2D eigenvalue weighted by atomic mass is 16.7. The minimum absolute atomic E-state index is 0.117. The molecule has 1 aromatic rings. The van der Waals surface area contributed by atoms with Gasteiger partial charge < -0.3 is 19.7 Å². The van der Waals surface area contributed by atoms with Gasteiger partial charge in [-0.2, -0.15) is 0 Å². The molecular weight excluding hydrogens is 220 g/mol. The summed E-state index contributed by atoms with van der Waals surface area (Å²) in [6.07, 6.45) is 1.21. The monoisotopic (exact) mass is 238 g/mol. The number of phenolic OH excluding ortho intramolecular Hbond substituents is 2. The van der Waals surface area contributed by atoms with Crippen molar-refractivity contribution in [2.75, 3.05) is 6.61 Å². The number of hydrogen-bond donors (Lipinski definition) is 2. The van der Waals surface area contributed by atoms with Gasteiger partial charge in [-0.05, 0) is 31.0 Å². The molecule has 94 valence electrons. The Labute approximate surface area is 101 Å². The molecule has 1 aliphatic heterocycles. The lowest BCUT2D eigenvalue weighted by molar-refractivity contribution is -0.172. The average Bonchev–Trinajstić information content (AvgIpc) is 2.77. The Balaban J connectivity index is 2.23. The average molecular weight is 238 g/mol. The molecule has 0 radical (unpaired) electrons. The lowest BCUT2D eigenvalue weighted by Crippen LogP contribution is -2.27. The number of aromatic hydroxyl groups is 2. The highest BCUT2D eigenvalue weighted by Crippen LogP contribution is 2.41. The van der Waals surface area contributed by atoms with E-state index in [1.54, 1.807) is 0 Å². The molecule has 17 heavy (non-hydrogen) atoms. The van der Waals surface area contributed by atoms with Gasteiger partial charge in [0.1, 0.15) is 17.6 Å². The van der Waals surface area contributed by atoms with E-state index >= 15 is 0 Å². The van der Waals surface area contributed by atoms with Gasteiger partial charge >= 0.3 is 0 Å². The third-order valence-corrected chi connectivity index (χ3v) is 3.29. The first-order chi connectivity index (χ1) is 8.10. The zero-order valence-corrected chi connectivity index (χ0v) is 10.1. The number of phenols is 2. The summed E-state index contributed by atoms with van der Waals surface area (Å²) < 4.78 is 11.6. The fourth-order valence-corrected chi connectivity index (χ4v) is 2.13. The zero-order chi connectivity index (χ0) is 12.5. The lowest BCUT2D eigenvalue weighted by Gasteiger charge is -2.25. The molecule has 2 N–H and O–H groups in total. The van der Waals surface area contributed by atoms with E-state index in [0.29, 0.717) is 12.2 Å². The highest BCUT2D eigenvalue weighted by Gasteiger charge is 2.39. The first kappa shape index (κ1) is 12.2. The molecule has 0 aliphatic carbocycles. The number of ether oxygens (including phenoxy) is 2. The van der Waals surface area contributed by atoms with E-state index in [9.17, 15) is 10.2 Å². The fraction of sp³-hybridized carbons (Fsp3) is 0.538. The van der Waals surface area contributed by atoms with Crippen molar-refractivity contribution in [1.82, 2.24) is 0 Å². The Kier molecular flexibility index (Phi) is 3.26. The van der Waals surface area contributed by atoms with Crippen LogP contribution in [-0.2, 0) is 9.47 Å². The second kappa shape index (κ2) is 4.55. The summed E-state index contributed by atoms with van der Waals surface area (Å²) in [7, 11) is 0. The molecule has 1 heterocycles. The maximum atomic E-state index is 9.76. The van der Waals surface area contributed by atoms with Crippen molar-refractivity contribution in [3.05, 3.63) is 23.8 Å². The minimum Gasteiger partial charge on any atom is -0.508 e. The normalized spacial score (nSPS) is 22.8. The van der Waals surface area contributed by atoms with Crippen LogP contribution in [0.15, 0.2) is 18.2 Å². The van der Waals surface area contributed by atoms with E-state index < -0.39 is 5.79 Å². The van der Waals surface area contributed by atoms with E-state index in [2.05, 4.69) is 0 Å². The first-order valence-electron chi connectivity index (χ1n) is 5.94. The third-order valence-electron chi connectivity index (χ3n) is 3.29. The van der Waals surface area contributed by atoms with Crippen LogP contribution in [-0.4, -0.2) is 22.6 Å². The maximum Gasteiger partial charge on any atom is 0.168 e. The number of rotatable bonds is 3. The SMILES string of the molecule is CCC1(CC)OCC(c2cc(O)ccc2O)O1. The van der Waals surface area contributed by atoms with Crippen LogP contribution in [0.1, 0.15) is 38.4 Å². The van der Waals surface area contributed by atoms with Crippen LogP contribution < -0.4 is 0 Å². The molecular formula is C13H18O4. The molecule has 0 saturated carbocycles. The third kappa shape index (κ3) is 2.23. The summed E-state index contributed by atoms with van der Waals surface area (Å²) in [5, 5.41) is 19.2. The van der Waals surface area contributed by atoms with Crippen molar-refractivity contribution in [2.24, 2.45) is 0 Å². The summed E-state index contributed by atoms with van der Waals surface area (Å²) in [6.45, 7) is 4.42. The van der Waals surface area contributed by atoms with Gasteiger partial charge in [0.25, 0.3) is 0 Å². The van der Waals surface area contributed by atoms with Gasteiger partial charge in [-0.15, -0.1) is 0 Å². The van der Waals surface area contributed by atoms with Crippen molar-refractivity contribution < 1.29 is 19.7 Å². The molecule has 0 aromatic heterocycles. The standard InChI is InChI=1S/C13H18O4/c1-3-13(4-2)16-8-12(17-13)10-7-9(14)5-6-11(10)15/h5-7,12,14-15H,3-4,8H2,1-2H3. The molecule has 4 heteroatoms. The van der Waals surface area contributed by atoms with Crippen LogP contribution in [0.25, 0.3) is 0 Å². The number of benzene rings is 1. The fourth-order valence-electron chi connectivity index (χ4n) is 2.13. The Morgan fingerprint density at radius 2 is 2.00 bits per heavy atom. The Morgan fingerprint density at radius 1 is 1.29 bits per heavy atom. The van der Waals surface area contributed by atoms with Crippen LogP contribution in [0.2, 0.25) is 0 Å². The largest absolute Gasteiger partial charge is 0.508 e. The molecule has 1 aliphatic rings. The summed E-state index contributed by atoms with van der Waals surface area (Å²) in [5.41, 5.74) is 0.578. The topological polar surface area (TPSA) is 58.9 Å². The van der Waals surface area contributed by atoms with Gasteiger partial charge in [-0.25, -0.2) is 0 Å². The van der Waals surface area contributed by atoms with Crippen molar-refractivity contribution in [3.8, 4) is 11.5 Å². The zero-order valence-electron chi connectivity index (χ0n) is 10.1. The lowest BCUT2D eigenvalue weighted by atomic mass is 10.1. The molecule has 1 unspecified atom stereocenters. The molecule has 1 atom stereocenters. The van der Waals surface area contributed by atoms with Crippen LogP contribution in [0.3, 0.4) is 0 Å². The van der Waals surface area contributed by atoms with E-state index in [1.165, 1.54) is 18.2 Å². The molecule has 0 amide bonds.